The molecule has 65 heavy (non-hydrogen) atoms. The van der Waals surface area contributed by atoms with Gasteiger partial charge in [0.1, 0.15) is 6.10 Å². The Hall–Kier alpha value is -1.17. The van der Waals surface area contributed by atoms with E-state index < -0.39 is 24.2 Å². The highest BCUT2D eigenvalue weighted by atomic mass is 16.3. The van der Waals surface area contributed by atoms with Crippen LogP contribution in [-0.2, 0) is 4.79 Å². The maximum Gasteiger partial charge on any atom is 0.249 e. The molecule has 0 rings (SSSR count). The molecule has 3 atom stereocenters. The Kier molecular flexibility index (Phi) is 54.4. The number of aliphatic hydroxyl groups excluding tert-OH is 3. The van der Waals surface area contributed by atoms with E-state index in [0.29, 0.717) is 6.42 Å². The van der Waals surface area contributed by atoms with Crippen molar-refractivity contribution in [3.05, 3.63) is 24.3 Å². The van der Waals surface area contributed by atoms with Crippen LogP contribution in [0, 0.1) is 0 Å². The van der Waals surface area contributed by atoms with Crippen molar-refractivity contribution in [1.29, 1.82) is 0 Å². The van der Waals surface area contributed by atoms with E-state index in [4.69, 9.17) is 0 Å². The minimum atomic E-state index is -1.10. The maximum atomic E-state index is 12.6. The fourth-order valence-electron chi connectivity index (χ4n) is 9.42. The Morgan fingerprint density at radius 2 is 0.615 bits per heavy atom. The molecule has 0 heterocycles. The summed E-state index contributed by atoms with van der Waals surface area (Å²) in [7, 11) is 0. The van der Waals surface area contributed by atoms with E-state index in [0.717, 1.165) is 32.1 Å². The molecule has 4 N–H and O–H groups in total. The maximum absolute atomic E-state index is 12.6. The number of nitrogens with one attached hydrogen (secondary N) is 1. The molecule has 3 unspecified atom stereocenters. The first kappa shape index (κ1) is 63.8. The molecule has 0 aromatic rings. The van der Waals surface area contributed by atoms with Gasteiger partial charge in [-0.25, -0.2) is 0 Å². The van der Waals surface area contributed by atoms with Crippen LogP contribution in [0.15, 0.2) is 24.3 Å². The van der Waals surface area contributed by atoms with Gasteiger partial charge in [-0.1, -0.05) is 308 Å². The number of allylic oxidation sites excluding steroid dienone is 3. The first-order chi connectivity index (χ1) is 32.1. The van der Waals surface area contributed by atoms with E-state index in [-0.39, 0.29) is 6.61 Å². The van der Waals surface area contributed by atoms with Crippen molar-refractivity contribution in [3.8, 4) is 0 Å². The van der Waals surface area contributed by atoms with Crippen LogP contribution < -0.4 is 5.32 Å². The van der Waals surface area contributed by atoms with Crippen molar-refractivity contribution in [2.75, 3.05) is 6.61 Å². The molecule has 5 heteroatoms. The molecular weight excluding hydrogens is 799 g/mol. The van der Waals surface area contributed by atoms with Gasteiger partial charge in [0, 0.05) is 0 Å². The van der Waals surface area contributed by atoms with Crippen LogP contribution in [0.2, 0.25) is 0 Å². The molecule has 0 aliphatic rings. The normalized spacial score (nSPS) is 13.4. The van der Waals surface area contributed by atoms with Crippen LogP contribution in [0.4, 0.5) is 0 Å². The molecular formula is C60H117NO4. The molecule has 386 valence electrons. The number of hydrogen-bond acceptors (Lipinski definition) is 4. The molecule has 0 aliphatic carbocycles. The van der Waals surface area contributed by atoms with Crippen LogP contribution in [0.1, 0.15) is 328 Å². The Labute approximate surface area is 407 Å². The number of carbonyl (C=O) groups excluding carboxylic acids is 1. The molecule has 0 aliphatic heterocycles. The molecule has 0 aromatic heterocycles. The number of amides is 1. The van der Waals surface area contributed by atoms with Crippen molar-refractivity contribution >= 4 is 5.91 Å². The lowest BCUT2D eigenvalue weighted by molar-refractivity contribution is -0.131. The number of unbranched alkanes of at least 4 members (excludes halogenated alkanes) is 45. The monoisotopic (exact) mass is 916 g/mol. The third-order valence-corrected chi connectivity index (χ3v) is 14.0. The molecule has 0 fully saturated rings. The predicted octanol–water partition coefficient (Wildman–Crippen LogP) is 18.5. The van der Waals surface area contributed by atoms with Crippen LogP contribution >= 0.6 is 0 Å². The number of carbonyl (C=O) groups is 1. The van der Waals surface area contributed by atoms with Gasteiger partial charge in [-0.2, -0.15) is 0 Å². The summed E-state index contributed by atoms with van der Waals surface area (Å²) in [6.07, 6.45) is 71.2. The Bertz CT molecular complexity index is 967. The van der Waals surface area contributed by atoms with Crippen LogP contribution in [0.25, 0.3) is 0 Å². The zero-order chi connectivity index (χ0) is 47.2. The van der Waals surface area contributed by atoms with E-state index in [9.17, 15) is 20.1 Å². The van der Waals surface area contributed by atoms with Gasteiger partial charge in [0.2, 0.25) is 5.91 Å². The first-order valence-corrected chi connectivity index (χ1v) is 29.7. The van der Waals surface area contributed by atoms with Gasteiger partial charge >= 0.3 is 0 Å². The van der Waals surface area contributed by atoms with E-state index in [1.165, 1.54) is 276 Å². The molecule has 0 spiro atoms. The SMILES string of the molecule is CCCCCCCCCCCCCC/C=C\CCCCCCCCCCCCC(O)C(=O)NC(CO)C(O)/C=C/CCCCCCCCCCCCCCCCCCCCCCCCC. The zero-order valence-corrected chi connectivity index (χ0v) is 44.1. The van der Waals surface area contributed by atoms with Gasteiger partial charge in [0.25, 0.3) is 0 Å². The van der Waals surface area contributed by atoms with Crippen LogP contribution in [0.3, 0.4) is 0 Å². The average Bonchev–Trinajstić information content (AvgIpc) is 3.31. The third kappa shape index (κ3) is 50.5. The Morgan fingerprint density at radius 3 is 0.892 bits per heavy atom. The second-order valence-corrected chi connectivity index (χ2v) is 20.6. The molecule has 0 bridgehead atoms. The largest absolute Gasteiger partial charge is 0.394 e. The second kappa shape index (κ2) is 55.4. The van der Waals surface area contributed by atoms with E-state index in [1.807, 2.05) is 6.08 Å². The van der Waals surface area contributed by atoms with Crippen molar-refractivity contribution < 1.29 is 20.1 Å². The molecule has 5 nitrogen and oxygen atoms in total. The summed E-state index contributed by atoms with van der Waals surface area (Å²) >= 11 is 0. The molecule has 1 amide bonds. The predicted molar refractivity (Wildman–Crippen MR) is 287 cm³/mol. The lowest BCUT2D eigenvalue weighted by atomic mass is 10.0. The average molecular weight is 917 g/mol. The fourth-order valence-corrected chi connectivity index (χ4v) is 9.42. The standard InChI is InChI=1S/C60H117NO4/c1-3-5-7-9-11-13-15-17-19-21-23-25-27-29-31-33-35-37-39-41-43-45-47-49-51-53-55-59(64)60(65)61-57(56-62)58(63)54-52-50-48-46-44-42-40-38-36-34-32-30-28-26-24-22-20-18-16-14-12-10-8-6-4-2/h29,31,52,54,57-59,62-64H,3-28,30,32-51,53,55-56H2,1-2H3,(H,61,65)/b31-29-,54-52+. The first-order valence-electron chi connectivity index (χ1n) is 29.7. The summed E-state index contributed by atoms with van der Waals surface area (Å²) in [5.74, 6) is -0.499. The van der Waals surface area contributed by atoms with Gasteiger partial charge in [-0.05, 0) is 44.9 Å². The fraction of sp³-hybridized carbons (Fsp3) is 0.917. The van der Waals surface area contributed by atoms with Crippen molar-refractivity contribution in [1.82, 2.24) is 5.32 Å². The smallest absolute Gasteiger partial charge is 0.249 e. The minimum Gasteiger partial charge on any atom is -0.394 e. The van der Waals surface area contributed by atoms with E-state index in [1.54, 1.807) is 6.08 Å². The quantitative estimate of drug-likeness (QED) is 0.0361. The lowest BCUT2D eigenvalue weighted by Gasteiger charge is -2.21. The van der Waals surface area contributed by atoms with Gasteiger partial charge in [-0.3, -0.25) is 4.79 Å². The second-order valence-electron chi connectivity index (χ2n) is 20.6. The van der Waals surface area contributed by atoms with Crippen molar-refractivity contribution in [2.24, 2.45) is 0 Å². The summed E-state index contributed by atoms with van der Waals surface area (Å²) in [5, 5.41) is 33.4. The van der Waals surface area contributed by atoms with E-state index in [2.05, 4.69) is 31.3 Å². The third-order valence-electron chi connectivity index (χ3n) is 14.0. The van der Waals surface area contributed by atoms with E-state index >= 15 is 0 Å². The van der Waals surface area contributed by atoms with Gasteiger partial charge in [0.05, 0.1) is 18.8 Å². The highest BCUT2D eigenvalue weighted by Crippen LogP contribution is 2.18. The van der Waals surface area contributed by atoms with Crippen molar-refractivity contribution in [2.45, 2.75) is 347 Å². The highest BCUT2D eigenvalue weighted by molar-refractivity contribution is 5.80. The number of rotatable bonds is 55. The van der Waals surface area contributed by atoms with Gasteiger partial charge in [-0.15, -0.1) is 0 Å². The summed E-state index contributed by atoms with van der Waals surface area (Å²) < 4.78 is 0. The van der Waals surface area contributed by atoms with Crippen molar-refractivity contribution in [3.63, 3.8) is 0 Å². The number of hydrogen-bond donors (Lipinski definition) is 4. The molecule has 0 saturated heterocycles. The van der Waals surface area contributed by atoms with Gasteiger partial charge in [0.15, 0.2) is 0 Å². The Balaban J connectivity index is 3.55. The van der Waals surface area contributed by atoms with Crippen LogP contribution in [-0.4, -0.2) is 46.1 Å². The summed E-state index contributed by atoms with van der Waals surface area (Å²) in [6.45, 7) is 4.23. The zero-order valence-electron chi connectivity index (χ0n) is 44.1. The van der Waals surface area contributed by atoms with Gasteiger partial charge < -0.3 is 20.6 Å². The summed E-state index contributed by atoms with van der Waals surface area (Å²) in [4.78, 5) is 12.6. The minimum absolute atomic E-state index is 0.361. The molecule has 0 saturated carbocycles. The summed E-state index contributed by atoms with van der Waals surface area (Å²) in [5.41, 5.74) is 0. The lowest BCUT2D eigenvalue weighted by Crippen LogP contribution is -2.48. The number of aliphatic hydroxyl groups is 3. The summed E-state index contributed by atoms with van der Waals surface area (Å²) in [6, 6.07) is -0.798. The molecule has 0 radical (unpaired) electrons. The highest BCUT2D eigenvalue weighted by Gasteiger charge is 2.22. The Morgan fingerprint density at radius 1 is 0.369 bits per heavy atom. The van der Waals surface area contributed by atoms with Crippen LogP contribution in [0.5, 0.6) is 0 Å². The molecule has 0 aromatic carbocycles. The topological polar surface area (TPSA) is 89.8 Å².